The summed E-state index contributed by atoms with van der Waals surface area (Å²) in [6, 6.07) is 30.4. The topological polar surface area (TPSA) is 0 Å². The summed E-state index contributed by atoms with van der Waals surface area (Å²) < 4.78 is 0. The van der Waals surface area contributed by atoms with Crippen LogP contribution >= 0.6 is 0 Å². The zero-order valence-corrected chi connectivity index (χ0v) is 20.8. The van der Waals surface area contributed by atoms with Crippen LogP contribution in [0.4, 0.5) is 0 Å². The van der Waals surface area contributed by atoms with Crippen LogP contribution in [0.25, 0.3) is 10.8 Å². The van der Waals surface area contributed by atoms with Crippen LogP contribution in [0.15, 0.2) is 72.8 Å². The highest BCUT2D eigenvalue weighted by Crippen LogP contribution is 2.30. The Morgan fingerprint density at radius 1 is 0.593 bits per heavy atom. The van der Waals surface area contributed by atoms with Crippen LogP contribution in [-0.4, -0.2) is 23.3 Å². The summed E-state index contributed by atoms with van der Waals surface area (Å²) >= 11 is 0. The normalized spacial score (nSPS) is 14.9. The molecule has 0 nitrogen and oxygen atoms in total. The van der Waals surface area contributed by atoms with Gasteiger partial charge in [0.15, 0.2) is 0 Å². The van der Waals surface area contributed by atoms with Crippen molar-refractivity contribution in [3.05, 3.63) is 72.8 Å². The Bertz CT molecular complexity index is 904. The molecular formula is C24H34Si3. The third kappa shape index (κ3) is 4.05. The lowest BCUT2D eigenvalue weighted by Gasteiger charge is -2.44. The van der Waals surface area contributed by atoms with Gasteiger partial charge in [0, 0.05) is 8.07 Å². The van der Waals surface area contributed by atoms with Crippen LogP contribution in [0, 0.1) is 0 Å². The van der Waals surface area contributed by atoms with Gasteiger partial charge in [-0.3, -0.25) is 0 Å². The lowest BCUT2D eigenvalue weighted by atomic mass is 10.1. The Hall–Kier alpha value is -1.43. The van der Waals surface area contributed by atoms with Gasteiger partial charge in [0.1, 0.15) is 7.59 Å². The SMILES string of the molecule is C[Si](C)(C)CC[Si](C)(C)[Si](C)(c1ccccc1)c1cccc2ccccc12. The Labute approximate surface area is 168 Å². The summed E-state index contributed by atoms with van der Waals surface area (Å²) in [6.07, 6.45) is 0. The summed E-state index contributed by atoms with van der Waals surface area (Å²) in [5, 5.41) is 6.14. The molecule has 1 atom stereocenters. The van der Waals surface area contributed by atoms with E-state index in [-0.39, 0.29) is 0 Å². The van der Waals surface area contributed by atoms with E-state index in [4.69, 9.17) is 0 Å². The second-order valence-electron chi connectivity index (χ2n) is 9.96. The minimum Gasteiger partial charge on any atom is -0.0707 e. The van der Waals surface area contributed by atoms with Gasteiger partial charge in [0.25, 0.3) is 0 Å². The lowest BCUT2D eigenvalue weighted by molar-refractivity contribution is 1.29. The van der Waals surface area contributed by atoms with E-state index in [0.29, 0.717) is 0 Å². The van der Waals surface area contributed by atoms with Crippen LogP contribution in [0.3, 0.4) is 0 Å². The van der Waals surface area contributed by atoms with E-state index in [9.17, 15) is 0 Å². The molecule has 0 spiro atoms. The van der Waals surface area contributed by atoms with Gasteiger partial charge in [-0.25, -0.2) is 0 Å². The summed E-state index contributed by atoms with van der Waals surface area (Å²) in [5.41, 5.74) is 0. The van der Waals surface area contributed by atoms with Gasteiger partial charge < -0.3 is 0 Å². The number of benzene rings is 3. The smallest absolute Gasteiger partial charge is 0.0707 e. The molecule has 1 unspecified atom stereocenters. The highest BCUT2D eigenvalue weighted by atomic mass is 29.3. The van der Waals surface area contributed by atoms with Crippen molar-refractivity contribution in [3.63, 3.8) is 0 Å². The van der Waals surface area contributed by atoms with E-state index in [1.807, 2.05) is 0 Å². The van der Waals surface area contributed by atoms with Gasteiger partial charge >= 0.3 is 0 Å². The van der Waals surface area contributed by atoms with Crippen molar-refractivity contribution >= 4 is 44.4 Å². The van der Waals surface area contributed by atoms with Gasteiger partial charge in [-0.2, -0.15) is 0 Å². The van der Waals surface area contributed by atoms with Crippen molar-refractivity contribution in [1.29, 1.82) is 0 Å². The number of hydrogen-bond acceptors (Lipinski definition) is 0. The van der Waals surface area contributed by atoms with Crippen molar-refractivity contribution in [2.24, 2.45) is 0 Å². The maximum Gasteiger partial charge on any atom is 0.108 e. The maximum atomic E-state index is 2.67. The van der Waals surface area contributed by atoms with Crippen molar-refractivity contribution < 1.29 is 0 Å². The molecule has 0 aromatic heterocycles. The second-order valence-corrected chi connectivity index (χ2v) is 30.3. The Morgan fingerprint density at radius 3 is 1.85 bits per heavy atom. The quantitative estimate of drug-likeness (QED) is 0.430. The van der Waals surface area contributed by atoms with Gasteiger partial charge in [0.05, 0.1) is 7.59 Å². The van der Waals surface area contributed by atoms with E-state index in [1.165, 1.54) is 22.9 Å². The third-order valence-corrected chi connectivity index (χ3v) is 26.5. The molecule has 0 saturated carbocycles. The first-order valence-corrected chi connectivity index (χ1v) is 20.6. The zero-order valence-electron chi connectivity index (χ0n) is 17.8. The predicted octanol–water partition coefficient (Wildman–Crippen LogP) is 6.16. The molecule has 0 N–H and O–H groups in total. The van der Waals surface area contributed by atoms with E-state index in [0.717, 1.165) is 0 Å². The average molecular weight is 407 g/mol. The highest BCUT2D eigenvalue weighted by Gasteiger charge is 2.48. The molecule has 0 bridgehead atoms. The van der Waals surface area contributed by atoms with Crippen molar-refractivity contribution in [3.8, 4) is 0 Å². The fourth-order valence-corrected chi connectivity index (χ4v) is 22.5. The average Bonchev–Trinajstić information content (AvgIpc) is 2.65. The number of hydrogen-bond donors (Lipinski definition) is 0. The molecule has 0 aliphatic heterocycles. The van der Waals surface area contributed by atoms with E-state index in [1.54, 1.807) is 10.4 Å². The Kier molecular flexibility index (Phi) is 5.67. The fraction of sp³-hybridized carbons (Fsp3) is 0.333. The predicted molar refractivity (Wildman–Crippen MR) is 132 cm³/mol. The molecule has 3 heteroatoms. The molecule has 0 fully saturated rings. The van der Waals surface area contributed by atoms with Crippen LogP contribution < -0.4 is 10.4 Å². The van der Waals surface area contributed by atoms with Crippen molar-refractivity contribution in [1.82, 2.24) is 0 Å². The van der Waals surface area contributed by atoms with Gasteiger partial charge in [0.2, 0.25) is 0 Å². The first-order chi connectivity index (χ1) is 12.7. The van der Waals surface area contributed by atoms with E-state index < -0.39 is 23.3 Å². The molecular weight excluding hydrogens is 373 g/mol. The van der Waals surface area contributed by atoms with Crippen LogP contribution in [0.1, 0.15) is 0 Å². The zero-order chi connectivity index (χ0) is 19.7. The van der Waals surface area contributed by atoms with Crippen molar-refractivity contribution in [2.75, 3.05) is 0 Å². The van der Waals surface area contributed by atoms with Gasteiger partial charge in [-0.05, 0) is 16.0 Å². The number of rotatable bonds is 6. The number of fused-ring (bicyclic) bond motifs is 1. The standard InChI is InChI=1S/C24H34Si3/c1-25(2,3)19-20-26(4,5)27(6,22-15-8-7-9-16-22)24-18-12-14-21-13-10-11-17-23(21)24/h7-18H,19-20H2,1-6H3. The fourth-order valence-electron chi connectivity index (χ4n) is 4.28. The second kappa shape index (κ2) is 7.53. The first kappa shape index (κ1) is 20.3. The molecule has 3 rings (SSSR count). The molecule has 142 valence electrons. The van der Waals surface area contributed by atoms with Gasteiger partial charge in [-0.1, -0.05) is 129 Å². The summed E-state index contributed by atoms with van der Waals surface area (Å²) in [6.45, 7) is 15.6. The Morgan fingerprint density at radius 2 is 1.19 bits per heavy atom. The molecule has 0 heterocycles. The molecule has 0 radical (unpaired) electrons. The van der Waals surface area contributed by atoms with Crippen molar-refractivity contribution in [2.45, 2.75) is 51.4 Å². The lowest BCUT2D eigenvalue weighted by Crippen LogP contribution is -2.72. The molecule has 27 heavy (non-hydrogen) atoms. The third-order valence-electron chi connectivity index (χ3n) is 6.53. The molecule has 0 aliphatic rings. The molecule has 3 aromatic carbocycles. The van der Waals surface area contributed by atoms with Gasteiger partial charge in [-0.15, -0.1) is 0 Å². The Balaban J connectivity index is 2.22. The minimum atomic E-state index is -1.83. The molecule has 0 aliphatic carbocycles. The van der Waals surface area contributed by atoms with Crippen LogP contribution in [0.5, 0.6) is 0 Å². The highest BCUT2D eigenvalue weighted by molar-refractivity contribution is 7.51. The van der Waals surface area contributed by atoms with E-state index in [2.05, 4.69) is 112 Å². The largest absolute Gasteiger partial charge is 0.108 e. The van der Waals surface area contributed by atoms with Crippen LogP contribution in [-0.2, 0) is 0 Å². The molecule has 0 amide bonds. The monoisotopic (exact) mass is 406 g/mol. The summed E-state index contributed by atoms with van der Waals surface area (Å²) in [4.78, 5) is 0. The summed E-state index contributed by atoms with van der Waals surface area (Å²) in [5.74, 6) is 0. The molecule has 0 saturated heterocycles. The minimum absolute atomic E-state index is 1.04. The maximum absolute atomic E-state index is 2.67. The van der Waals surface area contributed by atoms with E-state index >= 15 is 0 Å². The molecule has 3 aromatic rings. The summed E-state index contributed by atoms with van der Waals surface area (Å²) in [7, 11) is -4.37. The van der Waals surface area contributed by atoms with Crippen LogP contribution in [0.2, 0.25) is 51.4 Å². The first-order valence-electron chi connectivity index (χ1n) is 10.2.